The quantitative estimate of drug-likeness (QED) is 0.216. The number of hydrogen-bond acceptors (Lipinski definition) is 15. The van der Waals surface area contributed by atoms with E-state index in [1.54, 1.807) is 13.8 Å². The Morgan fingerprint density at radius 1 is 0.838 bits per heavy atom. The summed E-state index contributed by atoms with van der Waals surface area (Å²) in [6.07, 6.45) is -6.40. The molecule has 15 nitrogen and oxygen atoms in total. The second-order valence-electron chi connectivity index (χ2n) is 8.42. The molecule has 0 amide bonds. The molecule has 0 saturated carbocycles. The molecule has 2 saturated heterocycles. The van der Waals surface area contributed by atoms with Gasteiger partial charge in [0.05, 0.1) is 0 Å². The second kappa shape index (κ2) is 13.9. The van der Waals surface area contributed by atoms with Gasteiger partial charge in [-0.3, -0.25) is 0 Å². The predicted molar refractivity (Wildman–Crippen MR) is 119 cm³/mol. The van der Waals surface area contributed by atoms with Gasteiger partial charge in [0, 0.05) is 0 Å². The Kier molecular flexibility index (Phi) is 11.8. The van der Waals surface area contributed by atoms with Gasteiger partial charge in [-0.1, -0.05) is 0 Å². The van der Waals surface area contributed by atoms with Gasteiger partial charge in [0.1, 0.15) is 0 Å². The van der Waals surface area contributed by atoms with Crippen molar-refractivity contribution in [2.24, 2.45) is 0 Å². The Morgan fingerprint density at radius 3 is 1.70 bits per heavy atom. The first-order chi connectivity index (χ1) is 17.3. The zero-order valence-electron chi connectivity index (χ0n) is 20.3. The average molecular weight is 748 g/mol. The monoisotopic (exact) mass is 750 g/mol. The number of unbranched alkanes of at least 4 members (excludes halogenated alkanes) is 2. The van der Waals surface area contributed by atoms with Crippen molar-refractivity contribution < 1.29 is 62.5 Å². The van der Waals surface area contributed by atoms with Gasteiger partial charge in [-0.25, -0.2) is 0 Å². The number of hydrogen-bond donors (Lipinski definition) is 3. The van der Waals surface area contributed by atoms with Gasteiger partial charge in [-0.2, -0.15) is 0 Å². The molecule has 17 heteroatoms. The average Bonchev–Trinajstić information content (AvgIpc) is 2.97. The van der Waals surface area contributed by atoms with Crippen LogP contribution < -0.4 is 0 Å². The van der Waals surface area contributed by atoms with Crippen LogP contribution in [0.15, 0.2) is 0 Å². The van der Waals surface area contributed by atoms with Crippen LogP contribution in [0, 0.1) is 0 Å². The molecule has 2 aliphatic heterocycles. The molecule has 5 atom stereocenters. The zero-order valence-corrected chi connectivity index (χ0v) is 26.0. The Balaban J connectivity index is 2.14. The Morgan fingerprint density at radius 2 is 1.27 bits per heavy atom. The van der Waals surface area contributed by atoms with Crippen LogP contribution in [-0.4, -0.2) is 109 Å². The Hall–Kier alpha value is -1.70. The Bertz CT molecular complexity index is 910. The summed E-state index contributed by atoms with van der Waals surface area (Å²) in [7, 11) is 0. The SMILES string of the molecule is CCC[CH2][Sn]1([O]C(=O)CC(O)C(=O)[O][Sn]2([CH2]CCC)[O]C(=O)CC(O)C(=O)[O]2)[O]C(=O)CC(O)C(=O)[O]1. The fraction of sp³-hybridized carbons (Fsp3) is 0.700. The number of carbonyl (C=O) groups excluding carboxylic acids is 6. The van der Waals surface area contributed by atoms with Crippen molar-refractivity contribution in [2.75, 3.05) is 0 Å². The molecule has 3 N–H and O–H groups in total. The van der Waals surface area contributed by atoms with Crippen molar-refractivity contribution in [3.63, 3.8) is 0 Å². The van der Waals surface area contributed by atoms with Gasteiger partial charge >= 0.3 is 224 Å². The topological polar surface area (TPSA) is 218 Å². The number of rotatable bonds is 11. The first-order valence-electron chi connectivity index (χ1n) is 11.7. The van der Waals surface area contributed by atoms with Gasteiger partial charge in [0.25, 0.3) is 0 Å². The summed E-state index contributed by atoms with van der Waals surface area (Å²) in [5.74, 6) is -7.09. The van der Waals surface area contributed by atoms with Crippen LogP contribution in [0.3, 0.4) is 0 Å². The van der Waals surface area contributed by atoms with Crippen LogP contribution in [-0.2, 0) is 47.2 Å². The van der Waals surface area contributed by atoms with Crippen molar-refractivity contribution in [1.82, 2.24) is 0 Å². The minimum atomic E-state index is -5.30. The van der Waals surface area contributed by atoms with Crippen LogP contribution in [0.4, 0.5) is 0 Å². The van der Waals surface area contributed by atoms with Crippen molar-refractivity contribution in [3.8, 4) is 0 Å². The van der Waals surface area contributed by atoms with Crippen LogP contribution in [0.2, 0.25) is 8.87 Å². The van der Waals surface area contributed by atoms with Gasteiger partial charge in [-0.05, 0) is 0 Å². The molecule has 2 heterocycles. The third-order valence-corrected chi connectivity index (χ3v) is 19.7. The maximum absolute atomic E-state index is 12.6. The van der Waals surface area contributed by atoms with E-state index < -0.39 is 113 Å². The molecule has 2 fully saturated rings. The predicted octanol–water partition coefficient (Wildman–Crippen LogP) is -0.996. The van der Waals surface area contributed by atoms with Crippen LogP contribution >= 0.6 is 0 Å². The normalized spacial score (nSPS) is 29.0. The maximum atomic E-state index is 12.6. The van der Waals surface area contributed by atoms with E-state index in [4.69, 9.17) is 18.4 Å². The fourth-order valence-corrected chi connectivity index (χ4v) is 17.7. The third-order valence-electron chi connectivity index (χ3n) is 5.15. The fourth-order valence-electron chi connectivity index (χ4n) is 3.25. The van der Waals surface area contributed by atoms with Crippen molar-refractivity contribution in [2.45, 2.75) is 86.0 Å². The van der Waals surface area contributed by atoms with Gasteiger partial charge < -0.3 is 0 Å². The molecule has 0 bridgehead atoms. The molecule has 2 rings (SSSR count). The first kappa shape index (κ1) is 31.5. The van der Waals surface area contributed by atoms with E-state index in [-0.39, 0.29) is 8.87 Å². The van der Waals surface area contributed by atoms with Gasteiger partial charge in [0.15, 0.2) is 0 Å². The summed E-state index contributed by atoms with van der Waals surface area (Å²) in [4.78, 5) is 73.3. The molecule has 0 aromatic rings. The molecule has 0 aromatic carbocycles. The number of aliphatic hydroxyl groups excluding tert-OH is 3. The number of carbonyl (C=O) groups is 6. The summed E-state index contributed by atoms with van der Waals surface area (Å²) in [6, 6.07) is 0. The standard InChI is InChI=1S/3C4H6O5.2C4H9.2Sn/c3*5-2(4(8)9)1-3(6)7;2*1-3-4-2;;/h3*2,5H,1H2,(H,6,7)(H,8,9);2*1,3-4H2,2H3;;/q;;;;;2*+3/p-6. The van der Waals surface area contributed by atoms with E-state index >= 15 is 0 Å². The molecule has 0 radical (unpaired) electrons. The molecule has 0 spiro atoms. The zero-order chi connectivity index (χ0) is 27.8. The summed E-state index contributed by atoms with van der Waals surface area (Å²) in [6.45, 7) is 3.55. The van der Waals surface area contributed by atoms with E-state index in [2.05, 4.69) is 0 Å². The third kappa shape index (κ3) is 9.22. The van der Waals surface area contributed by atoms with E-state index in [0.717, 1.165) is 0 Å². The molecular weight excluding hydrogens is 718 g/mol. The van der Waals surface area contributed by atoms with Crippen molar-refractivity contribution in [1.29, 1.82) is 0 Å². The molecule has 37 heavy (non-hydrogen) atoms. The van der Waals surface area contributed by atoms with Crippen molar-refractivity contribution >= 4 is 75.1 Å². The van der Waals surface area contributed by atoms with E-state index in [1.807, 2.05) is 0 Å². The molecule has 5 unspecified atom stereocenters. The molecule has 0 aromatic heterocycles. The van der Waals surface area contributed by atoms with Crippen LogP contribution in [0.25, 0.3) is 0 Å². The molecule has 2 aliphatic rings. The van der Waals surface area contributed by atoms with E-state index in [0.29, 0.717) is 25.7 Å². The van der Waals surface area contributed by atoms with Crippen molar-refractivity contribution in [3.05, 3.63) is 0 Å². The minimum absolute atomic E-state index is 0.0769. The van der Waals surface area contributed by atoms with E-state index in [1.165, 1.54) is 0 Å². The summed E-state index contributed by atoms with van der Waals surface area (Å²) in [5, 5.41) is 29.7. The van der Waals surface area contributed by atoms with E-state index in [9.17, 15) is 44.1 Å². The Labute approximate surface area is 222 Å². The van der Waals surface area contributed by atoms with Gasteiger partial charge in [0.2, 0.25) is 0 Å². The van der Waals surface area contributed by atoms with Gasteiger partial charge in [-0.15, -0.1) is 0 Å². The molecule has 208 valence electrons. The molecule has 0 aliphatic carbocycles. The van der Waals surface area contributed by atoms with Crippen LogP contribution in [0.5, 0.6) is 0 Å². The summed E-state index contributed by atoms with van der Waals surface area (Å²) >= 11 is -10.5. The van der Waals surface area contributed by atoms with Crippen LogP contribution in [0.1, 0.15) is 58.8 Å². The second-order valence-corrected chi connectivity index (χ2v) is 22.6. The molecular formula is C20H30O15Sn2. The number of aliphatic hydroxyl groups is 3. The first-order valence-corrected chi connectivity index (χ1v) is 22.7. The summed E-state index contributed by atoms with van der Waals surface area (Å²) in [5.41, 5.74) is 0. The summed E-state index contributed by atoms with van der Waals surface area (Å²) < 4.78 is 30.8.